The number of hydrogen-bond acceptors (Lipinski definition) is 4. The molecule has 112 valence electrons. The molecule has 0 saturated carbocycles. The van der Waals surface area contributed by atoms with Gasteiger partial charge in [0.05, 0.1) is 11.1 Å². The number of esters is 1. The Morgan fingerprint density at radius 3 is 2.33 bits per heavy atom. The molecule has 0 saturated heterocycles. The van der Waals surface area contributed by atoms with Gasteiger partial charge in [0.15, 0.2) is 0 Å². The van der Waals surface area contributed by atoms with Gasteiger partial charge in [-0.1, -0.05) is 18.7 Å². The maximum Gasteiger partial charge on any atom is 0.330 e. The first-order chi connectivity index (χ1) is 9.96. The van der Waals surface area contributed by atoms with E-state index in [1.807, 2.05) is 0 Å². The van der Waals surface area contributed by atoms with Gasteiger partial charge >= 0.3 is 5.97 Å². The normalized spacial score (nSPS) is 11.2. The lowest BCUT2D eigenvalue weighted by molar-refractivity contribution is -0.142. The fourth-order valence-corrected chi connectivity index (χ4v) is 1.90. The Labute approximate surface area is 123 Å². The van der Waals surface area contributed by atoms with Crippen molar-refractivity contribution < 1.29 is 19.1 Å². The summed E-state index contributed by atoms with van der Waals surface area (Å²) in [6, 6.07) is 4.80. The van der Waals surface area contributed by atoms with Gasteiger partial charge in [0.1, 0.15) is 6.10 Å². The van der Waals surface area contributed by atoms with Gasteiger partial charge in [0, 0.05) is 25.7 Å². The van der Waals surface area contributed by atoms with Crippen molar-refractivity contribution in [1.82, 2.24) is 10.6 Å². The molecule has 0 aliphatic rings. The highest BCUT2D eigenvalue weighted by Gasteiger charge is 2.23. The lowest BCUT2D eigenvalue weighted by Gasteiger charge is -2.18. The fourth-order valence-electron chi connectivity index (χ4n) is 1.90. The number of carbonyl (C=O) groups is 3. The van der Waals surface area contributed by atoms with Crippen LogP contribution in [0, 0.1) is 0 Å². The number of nitrogens with one attached hydrogen (secondary N) is 2. The van der Waals surface area contributed by atoms with Gasteiger partial charge in [-0.3, -0.25) is 9.59 Å². The van der Waals surface area contributed by atoms with Gasteiger partial charge in [-0.25, -0.2) is 4.79 Å². The number of carbonyl (C=O) groups excluding carboxylic acids is 3. The summed E-state index contributed by atoms with van der Waals surface area (Å²) in [6.45, 7) is 4.94. The van der Waals surface area contributed by atoms with E-state index in [0.29, 0.717) is 5.56 Å². The molecule has 1 unspecified atom stereocenters. The minimum Gasteiger partial charge on any atom is -0.455 e. The van der Waals surface area contributed by atoms with Crippen molar-refractivity contribution in [2.24, 2.45) is 0 Å². The first-order valence-corrected chi connectivity index (χ1v) is 6.36. The summed E-state index contributed by atoms with van der Waals surface area (Å²) in [5.41, 5.74) is 0.852. The van der Waals surface area contributed by atoms with Crippen LogP contribution in [-0.4, -0.2) is 31.9 Å². The number of rotatable bonds is 5. The average molecular weight is 290 g/mol. The van der Waals surface area contributed by atoms with Gasteiger partial charge in [0.25, 0.3) is 11.8 Å². The molecule has 1 aromatic rings. The van der Waals surface area contributed by atoms with Crippen molar-refractivity contribution in [2.45, 2.75) is 13.0 Å². The second kappa shape index (κ2) is 7.23. The number of amides is 2. The molecule has 0 aliphatic heterocycles. The second-order valence-electron chi connectivity index (χ2n) is 4.21. The van der Waals surface area contributed by atoms with Crippen molar-refractivity contribution in [1.29, 1.82) is 0 Å². The Hall–Kier alpha value is -2.63. The minimum atomic E-state index is -0.688. The predicted molar refractivity (Wildman–Crippen MR) is 77.9 cm³/mol. The van der Waals surface area contributed by atoms with E-state index in [-0.39, 0.29) is 11.1 Å². The molecule has 2 N–H and O–H groups in total. The van der Waals surface area contributed by atoms with Gasteiger partial charge in [-0.15, -0.1) is 0 Å². The Bertz CT molecular complexity index is 581. The second-order valence-corrected chi connectivity index (χ2v) is 4.21. The molecule has 6 heteroatoms. The summed E-state index contributed by atoms with van der Waals surface area (Å²) < 4.78 is 5.12. The molecular formula is C15H18N2O4. The maximum atomic E-state index is 12.1. The summed E-state index contributed by atoms with van der Waals surface area (Å²) in [6.07, 6.45) is 0.353. The summed E-state index contributed by atoms with van der Waals surface area (Å²) in [5, 5.41) is 4.96. The topological polar surface area (TPSA) is 84.5 Å². The Balaban J connectivity index is 3.37. The monoisotopic (exact) mass is 290 g/mol. The number of ether oxygens (including phenoxy) is 1. The average Bonchev–Trinajstić information content (AvgIpc) is 2.52. The van der Waals surface area contributed by atoms with Crippen LogP contribution < -0.4 is 10.6 Å². The van der Waals surface area contributed by atoms with Crippen LogP contribution in [0.4, 0.5) is 0 Å². The van der Waals surface area contributed by atoms with Crippen LogP contribution in [0.25, 0.3) is 0 Å². The molecule has 6 nitrogen and oxygen atoms in total. The van der Waals surface area contributed by atoms with Gasteiger partial charge in [-0.2, -0.15) is 0 Å². The molecule has 0 heterocycles. The molecule has 0 aliphatic carbocycles. The van der Waals surface area contributed by atoms with Crippen LogP contribution in [0.1, 0.15) is 39.3 Å². The van der Waals surface area contributed by atoms with Crippen LogP contribution in [0.5, 0.6) is 0 Å². The molecular weight excluding hydrogens is 272 g/mol. The molecule has 1 rings (SSSR count). The summed E-state index contributed by atoms with van der Waals surface area (Å²) in [4.78, 5) is 35.3. The van der Waals surface area contributed by atoms with E-state index < -0.39 is 23.9 Å². The van der Waals surface area contributed by atoms with E-state index in [1.54, 1.807) is 19.1 Å². The zero-order valence-corrected chi connectivity index (χ0v) is 12.2. The van der Waals surface area contributed by atoms with Crippen LogP contribution in [-0.2, 0) is 9.53 Å². The van der Waals surface area contributed by atoms with E-state index in [9.17, 15) is 14.4 Å². The van der Waals surface area contributed by atoms with Crippen molar-refractivity contribution in [3.63, 3.8) is 0 Å². The van der Waals surface area contributed by atoms with Crippen molar-refractivity contribution >= 4 is 17.8 Å². The van der Waals surface area contributed by atoms with E-state index in [0.717, 1.165) is 6.08 Å². The van der Waals surface area contributed by atoms with Gasteiger partial charge in [0.2, 0.25) is 0 Å². The Kier molecular flexibility index (Phi) is 5.66. The zero-order valence-electron chi connectivity index (χ0n) is 12.2. The third kappa shape index (κ3) is 3.68. The first kappa shape index (κ1) is 16.4. The highest BCUT2D eigenvalue weighted by Crippen LogP contribution is 2.24. The Morgan fingerprint density at radius 1 is 1.19 bits per heavy atom. The van der Waals surface area contributed by atoms with E-state index in [1.165, 1.54) is 20.2 Å². The van der Waals surface area contributed by atoms with E-state index >= 15 is 0 Å². The van der Waals surface area contributed by atoms with Crippen LogP contribution >= 0.6 is 0 Å². The molecule has 0 fully saturated rings. The van der Waals surface area contributed by atoms with Crippen molar-refractivity contribution in [3.05, 3.63) is 47.5 Å². The van der Waals surface area contributed by atoms with Gasteiger partial charge in [-0.05, 0) is 13.0 Å². The summed E-state index contributed by atoms with van der Waals surface area (Å²) in [7, 11) is 2.94. The quantitative estimate of drug-likeness (QED) is 0.630. The fraction of sp³-hybridized carbons (Fsp3) is 0.267. The number of benzene rings is 1. The Morgan fingerprint density at radius 2 is 1.81 bits per heavy atom. The van der Waals surface area contributed by atoms with Crippen LogP contribution in [0.3, 0.4) is 0 Å². The third-order valence-electron chi connectivity index (χ3n) is 2.92. The van der Waals surface area contributed by atoms with Crippen LogP contribution in [0.2, 0.25) is 0 Å². The standard InChI is InChI=1S/C15H18N2O4/c1-5-12(18)21-9(2)10-7-6-8-11(14(19)16-3)13(10)15(20)17-4/h5-9H,1H2,2-4H3,(H,16,19)(H,17,20). The highest BCUT2D eigenvalue weighted by atomic mass is 16.5. The van der Waals surface area contributed by atoms with Gasteiger partial charge < -0.3 is 15.4 Å². The minimum absolute atomic E-state index is 0.184. The lowest BCUT2D eigenvalue weighted by Crippen LogP contribution is -2.27. The predicted octanol–water partition coefficient (Wildman–Crippen LogP) is 1.20. The molecule has 0 spiro atoms. The molecule has 1 aromatic carbocycles. The number of hydrogen-bond donors (Lipinski definition) is 2. The molecule has 0 aromatic heterocycles. The largest absolute Gasteiger partial charge is 0.455 e. The first-order valence-electron chi connectivity index (χ1n) is 6.36. The molecule has 0 bridgehead atoms. The molecule has 2 amide bonds. The molecule has 0 radical (unpaired) electrons. The van der Waals surface area contributed by atoms with Crippen molar-refractivity contribution in [3.8, 4) is 0 Å². The molecule has 21 heavy (non-hydrogen) atoms. The van der Waals surface area contributed by atoms with E-state index in [4.69, 9.17) is 4.74 Å². The SMILES string of the molecule is C=CC(=O)OC(C)c1cccc(C(=O)NC)c1C(=O)NC. The van der Waals surface area contributed by atoms with E-state index in [2.05, 4.69) is 17.2 Å². The summed E-state index contributed by atoms with van der Waals surface area (Å²) in [5.74, 6) is -1.42. The lowest BCUT2D eigenvalue weighted by atomic mass is 9.96. The smallest absolute Gasteiger partial charge is 0.330 e. The van der Waals surface area contributed by atoms with Crippen molar-refractivity contribution in [2.75, 3.05) is 14.1 Å². The highest BCUT2D eigenvalue weighted by molar-refractivity contribution is 6.08. The van der Waals surface area contributed by atoms with Crippen LogP contribution in [0.15, 0.2) is 30.9 Å². The third-order valence-corrected chi connectivity index (χ3v) is 2.92. The summed E-state index contributed by atoms with van der Waals surface area (Å²) >= 11 is 0. The zero-order chi connectivity index (χ0) is 16.0. The maximum absolute atomic E-state index is 12.1. The molecule has 1 atom stereocenters.